The molecule has 0 atom stereocenters. The highest BCUT2D eigenvalue weighted by Gasteiger charge is 2.14. The predicted molar refractivity (Wildman–Crippen MR) is 86.9 cm³/mol. The average Bonchev–Trinajstić information content (AvgIpc) is 2.44. The second-order valence-corrected chi connectivity index (χ2v) is 5.98. The number of carbonyl (C=O) groups excluding carboxylic acids is 2. The first-order valence-corrected chi connectivity index (χ1v) is 7.55. The summed E-state index contributed by atoms with van der Waals surface area (Å²) in [6.07, 6.45) is 0. The first-order valence-electron chi connectivity index (χ1n) is 7.55. The molecule has 0 aliphatic rings. The number of benzene rings is 1. The molecule has 0 fully saturated rings. The van der Waals surface area contributed by atoms with Gasteiger partial charge in [0, 0.05) is 13.1 Å². The molecule has 122 valence electrons. The topological polar surface area (TPSA) is 58.6 Å². The zero-order valence-corrected chi connectivity index (χ0v) is 14.1. The van der Waals surface area contributed by atoms with E-state index < -0.39 is 0 Å². The molecule has 0 spiro atoms. The number of ether oxygens (including phenoxy) is 1. The van der Waals surface area contributed by atoms with Crippen molar-refractivity contribution < 1.29 is 14.3 Å². The van der Waals surface area contributed by atoms with Crippen molar-refractivity contribution in [1.29, 1.82) is 0 Å². The lowest BCUT2D eigenvalue weighted by atomic mass is 10.0. The van der Waals surface area contributed by atoms with E-state index in [9.17, 15) is 9.59 Å². The fourth-order valence-corrected chi connectivity index (χ4v) is 1.88. The summed E-state index contributed by atoms with van der Waals surface area (Å²) in [5.41, 5.74) is 1.22. The highest BCUT2D eigenvalue weighted by Crippen LogP contribution is 2.18. The number of carbonyl (C=O) groups is 2. The van der Waals surface area contributed by atoms with Gasteiger partial charge in [0.2, 0.25) is 5.91 Å². The van der Waals surface area contributed by atoms with Crippen molar-refractivity contribution in [2.45, 2.75) is 39.7 Å². The highest BCUT2D eigenvalue weighted by atomic mass is 16.5. The molecule has 0 saturated carbocycles. The molecule has 0 saturated heterocycles. The van der Waals surface area contributed by atoms with E-state index in [1.54, 1.807) is 7.05 Å². The largest absolute Gasteiger partial charge is 0.484 e. The van der Waals surface area contributed by atoms with Crippen LogP contribution in [0, 0.1) is 0 Å². The predicted octanol–water partition coefficient (Wildman–Crippen LogP) is 2.17. The molecule has 0 unspecified atom stereocenters. The third-order valence-electron chi connectivity index (χ3n) is 3.17. The van der Waals surface area contributed by atoms with E-state index in [2.05, 4.69) is 19.2 Å². The summed E-state index contributed by atoms with van der Waals surface area (Å²) in [5.74, 6) is 0.707. The van der Waals surface area contributed by atoms with Crippen molar-refractivity contribution in [3.8, 4) is 5.75 Å². The summed E-state index contributed by atoms with van der Waals surface area (Å²) in [5, 5.41) is 2.75. The van der Waals surface area contributed by atoms with Crippen LogP contribution < -0.4 is 10.1 Å². The Kier molecular flexibility index (Phi) is 6.89. The third-order valence-corrected chi connectivity index (χ3v) is 3.17. The van der Waals surface area contributed by atoms with Crippen LogP contribution in [0.25, 0.3) is 0 Å². The van der Waals surface area contributed by atoms with E-state index in [-0.39, 0.29) is 31.0 Å². The molecule has 1 aromatic rings. The lowest BCUT2D eigenvalue weighted by Crippen LogP contribution is -2.42. The van der Waals surface area contributed by atoms with Crippen LogP contribution in [0.1, 0.15) is 39.2 Å². The Balaban J connectivity index is 2.43. The zero-order chi connectivity index (χ0) is 16.7. The van der Waals surface area contributed by atoms with Gasteiger partial charge in [-0.25, -0.2) is 0 Å². The number of rotatable bonds is 7. The van der Waals surface area contributed by atoms with Gasteiger partial charge in [-0.2, -0.15) is 0 Å². The van der Waals surface area contributed by atoms with E-state index >= 15 is 0 Å². The Labute approximate surface area is 132 Å². The Morgan fingerprint density at radius 3 is 2.23 bits per heavy atom. The van der Waals surface area contributed by atoms with Crippen LogP contribution in [-0.4, -0.2) is 43.0 Å². The van der Waals surface area contributed by atoms with Crippen molar-refractivity contribution in [3.05, 3.63) is 29.8 Å². The molecule has 5 nitrogen and oxygen atoms in total. The molecule has 0 aromatic heterocycles. The van der Waals surface area contributed by atoms with Crippen molar-refractivity contribution in [1.82, 2.24) is 10.2 Å². The molecule has 0 aliphatic carbocycles. The molecular formula is C17H26N2O3. The van der Waals surface area contributed by atoms with E-state index in [1.807, 2.05) is 38.1 Å². The van der Waals surface area contributed by atoms with Gasteiger partial charge < -0.3 is 15.0 Å². The van der Waals surface area contributed by atoms with Gasteiger partial charge in [0.15, 0.2) is 6.61 Å². The van der Waals surface area contributed by atoms with Crippen LogP contribution in [0.2, 0.25) is 0 Å². The number of nitrogens with one attached hydrogen (secondary N) is 1. The molecule has 0 bridgehead atoms. The molecule has 0 radical (unpaired) electrons. The van der Waals surface area contributed by atoms with Crippen molar-refractivity contribution in [3.63, 3.8) is 0 Å². The van der Waals surface area contributed by atoms with Gasteiger partial charge in [0.25, 0.3) is 5.91 Å². The maximum absolute atomic E-state index is 11.9. The summed E-state index contributed by atoms with van der Waals surface area (Å²) in [4.78, 5) is 24.9. The summed E-state index contributed by atoms with van der Waals surface area (Å²) < 4.78 is 5.46. The van der Waals surface area contributed by atoms with Crippen LogP contribution >= 0.6 is 0 Å². The van der Waals surface area contributed by atoms with Gasteiger partial charge in [0.1, 0.15) is 5.75 Å². The molecular weight excluding hydrogens is 280 g/mol. The number of hydrogen-bond donors (Lipinski definition) is 1. The fourth-order valence-electron chi connectivity index (χ4n) is 1.88. The van der Waals surface area contributed by atoms with E-state index in [0.29, 0.717) is 11.7 Å². The molecule has 0 heterocycles. The van der Waals surface area contributed by atoms with Crippen molar-refractivity contribution >= 4 is 11.8 Å². The number of nitrogens with zero attached hydrogens (tertiary/aromatic N) is 1. The third kappa shape index (κ3) is 6.16. The molecule has 1 rings (SSSR count). The van der Waals surface area contributed by atoms with Gasteiger partial charge in [-0.3, -0.25) is 9.59 Å². The minimum Gasteiger partial charge on any atom is -0.484 e. The molecule has 2 amide bonds. The molecule has 0 aliphatic heterocycles. The van der Waals surface area contributed by atoms with Crippen molar-refractivity contribution in [2.24, 2.45) is 0 Å². The quantitative estimate of drug-likeness (QED) is 0.840. The summed E-state index contributed by atoms with van der Waals surface area (Å²) in [6.45, 7) is 7.96. The minimum absolute atomic E-state index is 0.0344. The summed E-state index contributed by atoms with van der Waals surface area (Å²) in [6, 6.07) is 7.75. The van der Waals surface area contributed by atoms with Crippen LogP contribution in [0.3, 0.4) is 0 Å². The standard InChI is InChI=1S/C17H26N2O3/c1-12(2)14-6-8-15(9-7-14)22-11-17(21)19(5)10-16(20)18-13(3)4/h6-9,12-13H,10-11H2,1-5H3,(H,18,20). The minimum atomic E-state index is -0.230. The smallest absolute Gasteiger partial charge is 0.260 e. The van der Waals surface area contributed by atoms with Crippen LogP contribution in [0.15, 0.2) is 24.3 Å². The highest BCUT2D eigenvalue weighted by molar-refractivity contribution is 5.85. The lowest BCUT2D eigenvalue weighted by molar-refractivity contribution is -0.136. The molecule has 1 N–H and O–H groups in total. The summed E-state index contributed by atoms with van der Waals surface area (Å²) >= 11 is 0. The maximum Gasteiger partial charge on any atom is 0.260 e. The average molecular weight is 306 g/mol. The monoisotopic (exact) mass is 306 g/mol. The van der Waals surface area contributed by atoms with Gasteiger partial charge in [-0.05, 0) is 37.5 Å². The van der Waals surface area contributed by atoms with E-state index in [0.717, 1.165) is 0 Å². The zero-order valence-electron chi connectivity index (χ0n) is 14.1. The first-order chi connectivity index (χ1) is 10.3. The Bertz CT molecular complexity index is 495. The number of hydrogen-bond acceptors (Lipinski definition) is 3. The number of likely N-dealkylation sites (N-methyl/N-ethyl adjacent to an activating group) is 1. The second-order valence-electron chi connectivity index (χ2n) is 5.98. The SMILES string of the molecule is CC(C)NC(=O)CN(C)C(=O)COc1ccc(C(C)C)cc1. The van der Waals surface area contributed by atoms with Crippen molar-refractivity contribution in [2.75, 3.05) is 20.2 Å². The lowest BCUT2D eigenvalue weighted by Gasteiger charge is -2.18. The first kappa shape index (κ1) is 18.0. The van der Waals surface area contributed by atoms with E-state index in [1.165, 1.54) is 10.5 Å². The Morgan fingerprint density at radius 1 is 1.14 bits per heavy atom. The number of amides is 2. The fraction of sp³-hybridized carbons (Fsp3) is 0.529. The normalized spacial score (nSPS) is 10.7. The second kappa shape index (κ2) is 8.41. The maximum atomic E-state index is 11.9. The molecule has 5 heteroatoms. The van der Waals surface area contributed by atoms with Gasteiger partial charge in [0.05, 0.1) is 6.54 Å². The Morgan fingerprint density at radius 2 is 1.73 bits per heavy atom. The van der Waals surface area contributed by atoms with Gasteiger partial charge >= 0.3 is 0 Å². The summed E-state index contributed by atoms with van der Waals surface area (Å²) in [7, 11) is 1.59. The van der Waals surface area contributed by atoms with Crippen LogP contribution in [-0.2, 0) is 9.59 Å². The van der Waals surface area contributed by atoms with Gasteiger partial charge in [-0.1, -0.05) is 26.0 Å². The van der Waals surface area contributed by atoms with E-state index in [4.69, 9.17) is 4.74 Å². The van der Waals surface area contributed by atoms with Crippen LogP contribution in [0.5, 0.6) is 5.75 Å². The molecule has 1 aromatic carbocycles. The Hall–Kier alpha value is -2.04. The molecule has 22 heavy (non-hydrogen) atoms. The van der Waals surface area contributed by atoms with Crippen LogP contribution in [0.4, 0.5) is 0 Å². The van der Waals surface area contributed by atoms with Gasteiger partial charge in [-0.15, -0.1) is 0 Å².